The van der Waals surface area contributed by atoms with E-state index >= 15 is 0 Å². The lowest BCUT2D eigenvalue weighted by molar-refractivity contribution is -0.149. The van der Waals surface area contributed by atoms with Gasteiger partial charge in [-0.3, -0.25) is 4.79 Å². The Balaban J connectivity index is 2.09. The lowest BCUT2D eigenvalue weighted by atomic mass is 9.90. The summed E-state index contributed by atoms with van der Waals surface area (Å²) in [5.74, 6) is 0.0513. The highest BCUT2D eigenvalue weighted by Gasteiger charge is 2.54. The van der Waals surface area contributed by atoms with E-state index in [1.165, 1.54) is 17.5 Å². The van der Waals surface area contributed by atoms with E-state index in [4.69, 9.17) is 9.16 Å². The monoisotopic (exact) mass is 438 g/mol. The third-order valence-electron chi connectivity index (χ3n) is 6.88. The normalized spacial score (nSPS) is 21.8. The minimum absolute atomic E-state index is 0.0993. The Morgan fingerprint density at radius 3 is 1.97 bits per heavy atom. The molecule has 0 spiro atoms. The molecule has 0 aromatic heterocycles. The number of carbonyl (C=O) groups is 1. The maximum atomic E-state index is 12.9. The van der Waals surface area contributed by atoms with Gasteiger partial charge in [-0.2, -0.15) is 0 Å². The van der Waals surface area contributed by atoms with E-state index in [0.717, 1.165) is 32.1 Å². The van der Waals surface area contributed by atoms with Crippen LogP contribution in [0, 0.1) is 11.8 Å². The molecule has 31 heavy (non-hydrogen) atoms. The summed E-state index contributed by atoms with van der Waals surface area (Å²) in [6, 6.07) is 21.4. The van der Waals surface area contributed by atoms with Gasteiger partial charge in [0.1, 0.15) is 0 Å². The number of methoxy groups -OCH3 is 1. The minimum Gasteiger partial charge on any atom is -0.469 e. The zero-order valence-electron chi connectivity index (χ0n) is 19.8. The molecule has 3 nitrogen and oxygen atoms in total. The lowest BCUT2D eigenvalue weighted by Gasteiger charge is -2.45. The number of unbranched alkanes of at least 4 members (excludes halogenated alkanes) is 1. The van der Waals surface area contributed by atoms with Crippen LogP contribution in [0.2, 0.25) is 5.04 Å². The standard InChI is InChI=1S/C27H38O3Si/c1-6-7-14-21-19-20-24(25(21)26(28)29-5)30-31(27(2,3)4,22-15-10-8-11-16-22)23-17-12-9-13-18-23/h8-13,15-18,21,24-25H,6-7,14,19-20H2,1-5H3/t21-,24-,25+/m0/s1. The largest absolute Gasteiger partial charge is 0.469 e. The number of hydrogen-bond acceptors (Lipinski definition) is 3. The summed E-state index contributed by atoms with van der Waals surface area (Å²) in [5, 5.41) is 2.42. The molecular weight excluding hydrogens is 400 g/mol. The molecule has 1 fully saturated rings. The summed E-state index contributed by atoms with van der Waals surface area (Å²) >= 11 is 0. The third-order valence-corrected chi connectivity index (χ3v) is 11.9. The van der Waals surface area contributed by atoms with Gasteiger partial charge in [-0.25, -0.2) is 0 Å². The molecule has 1 aliphatic rings. The summed E-state index contributed by atoms with van der Waals surface area (Å²) in [5.41, 5.74) is 0. The summed E-state index contributed by atoms with van der Waals surface area (Å²) in [4.78, 5) is 12.9. The number of benzene rings is 2. The predicted molar refractivity (Wildman–Crippen MR) is 130 cm³/mol. The van der Waals surface area contributed by atoms with Gasteiger partial charge in [0.05, 0.1) is 19.1 Å². The average Bonchev–Trinajstić information content (AvgIpc) is 3.18. The Hall–Kier alpha value is -1.91. The van der Waals surface area contributed by atoms with Crippen LogP contribution in [0.5, 0.6) is 0 Å². The molecule has 0 aliphatic heterocycles. The van der Waals surface area contributed by atoms with Crippen molar-refractivity contribution in [2.45, 2.75) is 70.9 Å². The van der Waals surface area contributed by atoms with E-state index in [9.17, 15) is 4.79 Å². The maximum Gasteiger partial charge on any atom is 0.311 e. The van der Waals surface area contributed by atoms with E-state index in [1.54, 1.807) is 0 Å². The van der Waals surface area contributed by atoms with E-state index in [2.05, 4.69) is 88.4 Å². The molecular formula is C27H38O3Si. The second kappa shape index (κ2) is 10.1. The second-order valence-electron chi connectivity index (χ2n) is 9.85. The first-order valence-electron chi connectivity index (χ1n) is 11.7. The van der Waals surface area contributed by atoms with Gasteiger partial charge in [0, 0.05) is 0 Å². The first-order valence-corrected chi connectivity index (χ1v) is 13.6. The highest BCUT2D eigenvalue weighted by atomic mass is 28.4. The SMILES string of the molecule is CCCC[C@H]1CC[C@H](O[Si](c2ccccc2)(c2ccccc2)C(C)(C)C)[C@@H]1C(=O)OC. The summed E-state index contributed by atoms with van der Waals surface area (Å²) in [6.07, 6.45) is 5.19. The van der Waals surface area contributed by atoms with E-state index in [0.29, 0.717) is 5.92 Å². The summed E-state index contributed by atoms with van der Waals surface area (Å²) < 4.78 is 12.6. The van der Waals surface area contributed by atoms with Crippen LogP contribution in [0.25, 0.3) is 0 Å². The van der Waals surface area contributed by atoms with Gasteiger partial charge in [0.2, 0.25) is 0 Å². The van der Waals surface area contributed by atoms with Crippen molar-refractivity contribution in [2.75, 3.05) is 7.11 Å². The van der Waals surface area contributed by atoms with Crippen molar-refractivity contribution in [1.82, 2.24) is 0 Å². The lowest BCUT2D eigenvalue weighted by Crippen LogP contribution is -2.68. The first-order chi connectivity index (χ1) is 14.8. The molecule has 0 amide bonds. The molecule has 1 aliphatic carbocycles. The fraction of sp³-hybridized carbons (Fsp3) is 0.519. The Labute approximate surface area is 189 Å². The van der Waals surface area contributed by atoms with Gasteiger partial charge in [0.15, 0.2) is 0 Å². The molecule has 2 aromatic carbocycles. The minimum atomic E-state index is -2.68. The van der Waals surface area contributed by atoms with Crippen LogP contribution in [-0.4, -0.2) is 27.5 Å². The Bertz CT molecular complexity index is 789. The first kappa shape index (κ1) is 23.7. The number of ether oxygens (including phenoxy) is 1. The van der Waals surface area contributed by atoms with Crippen LogP contribution >= 0.6 is 0 Å². The molecule has 4 heteroatoms. The molecule has 0 unspecified atom stereocenters. The van der Waals surface area contributed by atoms with E-state index in [1.807, 2.05) is 0 Å². The number of hydrogen-bond donors (Lipinski definition) is 0. The Morgan fingerprint density at radius 2 is 1.52 bits per heavy atom. The van der Waals surface area contributed by atoms with Crippen LogP contribution in [-0.2, 0) is 14.0 Å². The molecule has 3 atom stereocenters. The molecule has 0 N–H and O–H groups in total. The topological polar surface area (TPSA) is 35.5 Å². The average molecular weight is 439 g/mol. The van der Waals surface area contributed by atoms with Crippen LogP contribution in [0.1, 0.15) is 59.8 Å². The second-order valence-corrected chi connectivity index (χ2v) is 14.1. The number of rotatable bonds is 8. The summed E-state index contributed by atoms with van der Waals surface area (Å²) in [6.45, 7) is 9.07. The molecule has 0 saturated heterocycles. The van der Waals surface area contributed by atoms with Gasteiger partial charge >= 0.3 is 5.97 Å². The smallest absolute Gasteiger partial charge is 0.311 e. The van der Waals surface area contributed by atoms with Gasteiger partial charge < -0.3 is 9.16 Å². The molecule has 0 heterocycles. The maximum absolute atomic E-state index is 12.9. The van der Waals surface area contributed by atoms with E-state index < -0.39 is 8.32 Å². The van der Waals surface area contributed by atoms with Crippen molar-refractivity contribution in [2.24, 2.45) is 11.8 Å². The highest BCUT2D eigenvalue weighted by molar-refractivity contribution is 6.99. The van der Waals surface area contributed by atoms with Crippen molar-refractivity contribution in [3.05, 3.63) is 60.7 Å². The van der Waals surface area contributed by atoms with Gasteiger partial charge in [-0.15, -0.1) is 0 Å². The van der Waals surface area contributed by atoms with Crippen molar-refractivity contribution in [3.8, 4) is 0 Å². The van der Waals surface area contributed by atoms with Crippen molar-refractivity contribution < 1.29 is 14.0 Å². The van der Waals surface area contributed by atoms with Crippen LogP contribution in [0.4, 0.5) is 0 Å². The quantitative estimate of drug-likeness (QED) is 0.413. The van der Waals surface area contributed by atoms with E-state index in [-0.39, 0.29) is 23.0 Å². The van der Waals surface area contributed by atoms with Crippen molar-refractivity contribution in [1.29, 1.82) is 0 Å². The summed E-state index contributed by atoms with van der Waals surface area (Å²) in [7, 11) is -1.17. The van der Waals surface area contributed by atoms with Crippen molar-refractivity contribution >= 4 is 24.7 Å². The molecule has 2 aromatic rings. The van der Waals surface area contributed by atoms with Crippen LogP contribution < -0.4 is 10.4 Å². The highest BCUT2D eigenvalue weighted by Crippen LogP contribution is 2.44. The van der Waals surface area contributed by atoms with Gasteiger partial charge in [-0.05, 0) is 40.6 Å². The van der Waals surface area contributed by atoms with Crippen molar-refractivity contribution in [3.63, 3.8) is 0 Å². The zero-order valence-corrected chi connectivity index (χ0v) is 20.8. The number of carbonyl (C=O) groups excluding carboxylic acids is 1. The molecule has 0 radical (unpaired) electrons. The van der Waals surface area contributed by atoms with Crippen LogP contribution in [0.15, 0.2) is 60.7 Å². The zero-order chi connectivity index (χ0) is 22.5. The predicted octanol–water partition coefficient (Wildman–Crippen LogP) is 5.32. The van der Waals surface area contributed by atoms with Gasteiger partial charge in [-0.1, -0.05) is 101 Å². The Morgan fingerprint density at radius 1 is 0.968 bits per heavy atom. The molecule has 1 saturated carbocycles. The van der Waals surface area contributed by atoms with Gasteiger partial charge in [0.25, 0.3) is 8.32 Å². The molecule has 0 bridgehead atoms. The fourth-order valence-corrected chi connectivity index (χ4v) is 10.1. The Kier molecular flexibility index (Phi) is 7.76. The fourth-order valence-electron chi connectivity index (χ4n) is 5.36. The third kappa shape index (κ3) is 4.80. The molecule has 168 valence electrons. The molecule has 3 rings (SSSR count). The number of esters is 1. The van der Waals surface area contributed by atoms with Crippen LogP contribution in [0.3, 0.4) is 0 Å².